The first-order chi connectivity index (χ1) is 13.8. The third-order valence-electron chi connectivity index (χ3n) is 5.28. The number of hydrogen-bond donors (Lipinski definition) is 2. The average Bonchev–Trinajstić information content (AvgIpc) is 3.20. The summed E-state index contributed by atoms with van der Waals surface area (Å²) in [6, 6.07) is 11.4. The smallest absolute Gasteiger partial charge is 0.251 e. The minimum absolute atomic E-state index is 0.0654. The molecule has 1 aromatic heterocycles. The van der Waals surface area contributed by atoms with E-state index in [2.05, 4.69) is 33.0 Å². The van der Waals surface area contributed by atoms with Gasteiger partial charge >= 0.3 is 0 Å². The van der Waals surface area contributed by atoms with Crippen molar-refractivity contribution >= 4 is 28.8 Å². The highest BCUT2D eigenvalue weighted by Crippen LogP contribution is 2.21. The fourth-order valence-electron chi connectivity index (χ4n) is 3.37. The summed E-state index contributed by atoms with van der Waals surface area (Å²) in [6.07, 6.45) is 2.21. The molecule has 156 valence electrons. The molecule has 29 heavy (non-hydrogen) atoms. The molecule has 1 fully saturated rings. The molecule has 0 spiro atoms. The van der Waals surface area contributed by atoms with Crippen molar-refractivity contribution in [2.24, 2.45) is 11.3 Å². The van der Waals surface area contributed by atoms with Gasteiger partial charge in [-0.05, 0) is 61.5 Å². The Kier molecular flexibility index (Phi) is 7.09. The summed E-state index contributed by atoms with van der Waals surface area (Å²) in [5, 5.41) is 8.08. The van der Waals surface area contributed by atoms with Crippen LogP contribution in [0.1, 0.15) is 48.8 Å². The Bertz CT molecular complexity index is 819. The quantitative estimate of drug-likeness (QED) is 0.739. The van der Waals surface area contributed by atoms with Crippen LogP contribution in [0.5, 0.6) is 0 Å². The molecule has 5 nitrogen and oxygen atoms in total. The summed E-state index contributed by atoms with van der Waals surface area (Å²) in [7, 11) is 0. The van der Waals surface area contributed by atoms with Crippen molar-refractivity contribution in [2.45, 2.75) is 40.2 Å². The molecule has 0 saturated carbocycles. The fraction of sp³-hybridized carbons (Fsp3) is 0.478. The van der Waals surface area contributed by atoms with E-state index >= 15 is 0 Å². The first kappa shape index (κ1) is 21.5. The van der Waals surface area contributed by atoms with Gasteiger partial charge in [0.25, 0.3) is 5.91 Å². The van der Waals surface area contributed by atoms with Gasteiger partial charge < -0.3 is 10.6 Å². The Labute approximate surface area is 177 Å². The summed E-state index contributed by atoms with van der Waals surface area (Å²) < 4.78 is 0. The van der Waals surface area contributed by atoms with E-state index in [1.165, 1.54) is 4.88 Å². The van der Waals surface area contributed by atoms with E-state index < -0.39 is 5.41 Å². The number of benzene rings is 1. The molecule has 1 saturated heterocycles. The molecule has 2 amide bonds. The predicted molar refractivity (Wildman–Crippen MR) is 119 cm³/mol. The number of nitrogens with zero attached hydrogens (tertiary/aromatic N) is 1. The zero-order valence-electron chi connectivity index (χ0n) is 17.5. The van der Waals surface area contributed by atoms with Gasteiger partial charge in [-0.15, -0.1) is 11.3 Å². The van der Waals surface area contributed by atoms with Crippen LogP contribution in [0.25, 0.3) is 0 Å². The molecule has 2 heterocycles. The Morgan fingerprint density at radius 2 is 1.90 bits per heavy atom. The maximum atomic E-state index is 12.6. The van der Waals surface area contributed by atoms with Gasteiger partial charge in [-0.2, -0.15) is 0 Å². The molecule has 2 N–H and O–H groups in total. The van der Waals surface area contributed by atoms with Crippen LogP contribution < -0.4 is 10.6 Å². The second kappa shape index (κ2) is 9.55. The maximum absolute atomic E-state index is 12.6. The van der Waals surface area contributed by atoms with Gasteiger partial charge in [0, 0.05) is 34.6 Å². The molecule has 6 heteroatoms. The predicted octanol–water partition coefficient (Wildman–Crippen LogP) is 4.37. The number of piperidine rings is 1. The highest BCUT2D eigenvalue weighted by atomic mass is 32.1. The van der Waals surface area contributed by atoms with Crippen molar-refractivity contribution in [3.05, 3.63) is 52.2 Å². The van der Waals surface area contributed by atoms with Gasteiger partial charge in [0.05, 0.1) is 0 Å². The van der Waals surface area contributed by atoms with E-state index in [1.54, 1.807) is 18.2 Å². The standard InChI is InChI=1S/C23H31N3O2S/c1-23(2,3)22(28)25-19-7-4-6-18(14-19)21(27)24-15-17-9-11-26(12-10-17)16-20-8-5-13-29-20/h4-8,13-14,17H,9-12,15-16H2,1-3H3,(H,24,27)(H,25,28). The van der Waals surface area contributed by atoms with Crippen LogP contribution in [-0.2, 0) is 11.3 Å². The molecule has 0 radical (unpaired) electrons. The Morgan fingerprint density at radius 1 is 1.14 bits per heavy atom. The van der Waals surface area contributed by atoms with Gasteiger partial charge in [-0.3, -0.25) is 14.5 Å². The second-order valence-corrected chi connectivity index (χ2v) is 9.83. The molecule has 0 unspecified atom stereocenters. The van der Waals surface area contributed by atoms with Crippen LogP contribution >= 0.6 is 11.3 Å². The number of anilines is 1. The summed E-state index contributed by atoms with van der Waals surface area (Å²) in [4.78, 5) is 28.6. The highest BCUT2D eigenvalue weighted by Gasteiger charge is 2.22. The number of likely N-dealkylation sites (tertiary alicyclic amines) is 1. The number of thiophene rings is 1. The molecule has 3 rings (SSSR count). The molecule has 1 aliphatic rings. The lowest BCUT2D eigenvalue weighted by Crippen LogP contribution is -2.38. The zero-order valence-corrected chi connectivity index (χ0v) is 18.3. The van der Waals surface area contributed by atoms with Gasteiger partial charge in [-0.1, -0.05) is 32.9 Å². The molecule has 1 aliphatic heterocycles. The van der Waals surface area contributed by atoms with E-state index in [4.69, 9.17) is 0 Å². The molecule has 1 aromatic carbocycles. The summed E-state index contributed by atoms with van der Waals surface area (Å²) in [6.45, 7) is 9.48. The number of hydrogen-bond acceptors (Lipinski definition) is 4. The molecule has 0 bridgehead atoms. The molecular weight excluding hydrogens is 382 g/mol. The normalized spacial score (nSPS) is 15.8. The second-order valence-electron chi connectivity index (χ2n) is 8.79. The van der Waals surface area contributed by atoms with E-state index in [-0.39, 0.29) is 11.8 Å². The SMILES string of the molecule is CC(C)(C)C(=O)Nc1cccc(C(=O)NCC2CCN(Cc3cccs3)CC2)c1. The largest absolute Gasteiger partial charge is 0.352 e. The number of carbonyl (C=O) groups excluding carboxylic acids is 2. The van der Waals surface area contributed by atoms with Gasteiger partial charge in [0.1, 0.15) is 0 Å². The van der Waals surface area contributed by atoms with Crippen LogP contribution in [0.2, 0.25) is 0 Å². The Balaban J connectivity index is 1.45. The van der Waals surface area contributed by atoms with Crippen molar-refractivity contribution < 1.29 is 9.59 Å². The topological polar surface area (TPSA) is 61.4 Å². The van der Waals surface area contributed by atoms with Crippen molar-refractivity contribution in [1.82, 2.24) is 10.2 Å². The minimum Gasteiger partial charge on any atom is -0.352 e. The van der Waals surface area contributed by atoms with Crippen LogP contribution in [0.15, 0.2) is 41.8 Å². The summed E-state index contributed by atoms with van der Waals surface area (Å²) in [5.41, 5.74) is 0.752. The molecule has 0 atom stereocenters. The highest BCUT2D eigenvalue weighted by molar-refractivity contribution is 7.09. The third kappa shape index (κ3) is 6.41. The molecular formula is C23H31N3O2S. The number of amides is 2. The van der Waals surface area contributed by atoms with E-state index in [0.29, 0.717) is 23.7 Å². The van der Waals surface area contributed by atoms with Crippen molar-refractivity contribution in [3.63, 3.8) is 0 Å². The van der Waals surface area contributed by atoms with E-state index in [1.807, 2.05) is 38.2 Å². The number of carbonyl (C=O) groups is 2. The minimum atomic E-state index is -0.476. The summed E-state index contributed by atoms with van der Waals surface area (Å²) in [5.74, 6) is 0.365. The Morgan fingerprint density at radius 3 is 2.55 bits per heavy atom. The lowest BCUT2D eigenvalue weighted by Gasteiger charge is -2.31. The van der Waals surface area contributed by atoms with Crippen LogP contribution in [-0.4, -0.2) is 36.3 Å². The lowest BCUT2D eigenvalue weighted by atomic mass is 9.95. The maximum Gasteiger partial charge on any atom is 0.251 e. The van der Waals surface area contributed by atoms with Crippen LogP contribution in [0.3, 0.4) is 0 Å². The number of nitrogens with one attached hydrogen (secondary N) is 2. The lowest BCUT2D eigenvalue weighted by molar-refractivity contribution is -0.123. The van der Waals surface area contributed by atoms with Crippen LogP contribution in [0, 0.1) is 11.3 Å². The van der Waals surface area contributed by atoms with Gasteiger partial charge in [0.15, 0.2) is 0 Å². The Hall–Kier alpha value is -2.18. The first-order valence-corrected chi connectivity index (χ1v) is 11.1. The zero-order chi connectivity index (χ0) is 20.9. The molecule has 2 aromatic rings. The monoisotopic (exact) mass is 413 g/mol. The van der Waals surface area contributed by atoms with Crippen molar-refractivity contribution in [1.29, 1.82) is 0 Å². The summed E-state index contributed by atoms with van der Waals surface area (Å²) >= 11 is 1.81. The number of rotatable bonds is 6. The van der Waals surface area contributed by atoms with Gasteiger partial charge in [0.2, 0.25) is 5.91 Å². The van der Waals surface area contributed by atoms with E-state index in [0.717, 1.165) is 32.5 Å². The third-order valence-corrected chi connectivity index (χ3v) is 6.14. The van der Waals surface area contributed by atoms with Crippen molar-refractivity contribution in [3.8, 4) is 0 Å². The average molecular weight is 414 g/mol. The fourth-order valence-corrected chi connectivity index (χ4v) is 4.11. The van der Waals surface area contributed by atoms with Gasteiger partial charge in [-0.25, -0.2) is 0 Å². The first-order valence-electron chi connectivity index (χ1n) is 10.3. The van der Waals surface area contributed by atoms with Crippen LogP contribution in [0.4, 0.5) is 5.69 Å². The molecule has 0 aliphatic carbocycles. The van der Waals surface area contributed by atoms with E-state index in [9.17, 15) is 9.59 Å². The van der Waals surface area contributed by atoms with Crippen molar-refractivity contribution in [2.75, 3.05) is 25.0 Å².